The highest BCUT2D eigenvalue weighted by molar-refractivity contribution is 8.00. The fraction of sp³-hybridized carbons (Fsp3) is 0.238. The van der Waals surface area contributed by atoms with Crippen LogP contribution in [0, 0.1) is 13.8 Å². The second kappa shape index (κ2) is 9.11. The first-order valence-electron chi connectivity index (χ1n) is 8.75. The van der Waals surface area contributed by atoms with Gasteiger partial charge in [0.1, 0.15) is 0 Å². The van der Waals surface area contributed by atoms with E-state index < -0.39 is 0 Å². The van der Waals surface area contributed by atoms with Crippen LogP contribution in [0.5, 0.6) is 0 Å². The number of aryl methyl sites for hydroxylation is 1. The summed E-state index contributed by atoms with van der Waals surface area (Å²) in [4.78, 5) is 13.2. The van der Waals surface area contributed by atoms with Gasteiger partial charge < -0.3 is 5.32 Å². The van der Waals surface area contributed by atoms with Crippen molar-refractivity contribution in [2.75, 3.05) is 5.75 Å². The molecule has 0 aliphatic heterocycles. The molecular weight excluding hydrogens is 378 g/mol. The van der Waals surface area contributed by atoms with Crippen LogP contribution in [0.2, 0.25) is 5.02 Å². The van der Waals surface area contributed by atoms with Gasteiger partial charge in [0, 0.05) is 27.7 Å². The first-order valence-corrected chi connectivity index (χ1v) is 10.1. The Morgan fingerprint density at radius 2 is 1.81 bits per heavy atom. The number of carbonyl (C=O) groups is 1. The molecule has 0 saturated carbocycles. The van der Waals surface area contributed by atoms with Crippen LogP contribution in [0.3, 0.4) is 0 Å². The average Bonchev–Trinajstić information content (AvgIpc) is 2.93. The molecule has 0 aliphatic rings. The van der Waals surface area contributed by atoms with Crippen LogP contribution >= 0.6 is 23.4 Å². The minimum atomic E-state index is 0.00422. The maximum Gasteiger partial charge on any atom is 0.230 e. The molecule has 140 valence electrons. The molecule has 1 amide bonds. The van der Waals surface area contributed by atoms with Gasteiger partial charge in [0.15, 0.2) is 0 Å². The van der Waals surface area contributed by atoms with Crippen molar-refractivity contribution in [2.45, 2.75) is 31.8 Å². The lowest BCUT2D eigenvalue weighted by molar-refractivity contribution is -0.118. The summed E-state index contributed by atoms with van der Waals surface area (Å²) in [6.45, 7) is 5.26. The number of aromatic nitrogens is 2. The van der Waals surface area contributed by atoms with Crippen LogP contribution in [-0.2, 0) is 17.9 Å². The molecule has 0 fully saturated rings. The summed E-state index contributed by atoms with van der Waals surface area (Å²) in [7, 11) is 0. The summed E-state index contributed by atoms with van der Waals surface area (Å²) in [5, 5.41) is 8.33. The number of thioether (sulfide) groups is 1. The van der Waals surface area contributed by atoms with Crippen molar-refractivity contribution < 1.29 is 4.79 Å². The van der Waals surface area contributed by atoms with Gasteiger partial charge in [-0.3, -0.25) is 9.48 Å². The van der Waals surface area contributed by atoms with E-state index in [4.69, 9.17) is 11.6 Å². The molecule has 1 N–H and O–H groups in total. The summed E-state index contributed by atoms with van der Waals surface area (Å²) in [5.74, 6) is 0.377. The first kappa shape index (κ1) is 19.5. The third kappa shape index (κ3) is 5.37. The second-order valence-electron chi connectivity index (χ2n) is 6.31. The maximum absolute atomic E-state index is 12.2. The van der Waals surface area contributed by atoms with Crippen molar-refractivity contribution >= 4 is 29.3 Å². The second-order valence-corrected chi connectivity index (χ2v) is 7.80. The third-order valence-corrected chi connectivity index (χ3v) is 5.62. The molecule has 1 aromatic heterocycles. The topological polar surface area (TPSA) is 46.9 Å². The van der Waals surface area contributed by atoms with Crippen LogP contribution in [0.25, 0.3) is 0 Å². The summed E-state index contributed by atoms with van der Waals surface area (Å²) < 4.78 is 1.99. The van der Waals surface area contributed by atoms with Crippen LogP contribution in [0.15, 0.2) is 59.5 Å². The molecule has 4 nitrogen and oxygen atoms in total. The number of amides is 1. The number of nitrogens with zero attached hydrogens (tertiary/aromatic N) is 2. The Kier molecular flexibility index (Phi) is 6.58. The van der Waals surface area contributed by atoms with Gasteiger partial charge in [0.05, 0.1) is 18.0 Å². The van der Waals surface area contributed by atoms with Crippen LogP contribution < -0.4 is 5.32 Å². The fourth-order valence-corrected chi connectivity index (χ4v) is 3.67. The largest absolute Gasteiger partial charge is 0.351 e. The fourth-order valence-electron chi connectivity index (χ4n) is 2.82. The van der Waals surface area contributed by atoms with E-state index in [1.54, 1.807) is 0 Å². The van der Waals surface area contributed by atoms with E-state index in [0.717, 1.165) is 28.4 Å². The van der Waals surface area contributed by atoms with Gasteiger partial charge in [-0.15, -0.1) is 11.8 Å². The van der Waals surface area contributed by atoms with Gasteiger partial charge in [-0.1, -0.05) is 41.9 Å². The number of rotatable bonds is 7. The van der Waals surface area contributed by atoms with E-state index in [1.165, 1.54) is 17.3 Å². The van der Waals surface area contributed by atoms with Gasteiger partial charge in [-0.05, 0) is 43.7 Å². The Bertz CT molecular complexity index is 907. The van der Waals surface area contributed by atoms with Crippen molar-refractivity contribution in [3.63, 3.8) is 0 Å². The van der Waals surface area contributed by atoms with E-state index in [-0.39, 0.29) is 5.91 Å². The molecule has 0 unspecified atom stereocenters. The predicted molar refractivity (Wildman–Crippen MR) is 111 cm³/mol. The molecule has 3 rings (SSSR count). The molecule has 3 aromatic rings. The number of benzene rings is 2. The molecule has 2 aromatic carbocycles. The lowest BCUT2D eigenvalue weighted by Crippen LogP contribution is -2.25. The van der Waals surface area contributed by atoms with Gasteiger partial charge >= 0.3 is 0 Å². The highest BCUT2D eigenvalue weighted by Crippen LogP contribution is 2.20. The number of hydrogen-bond acceptors (Lipinski definition) is 3. The molecule has 0 aliphatic carbocycles. The normalized spacial score (nSPS) is 10.8. The quantitative estimate of drug-likeness (QED) is 0.590. The molecule has 0 atom stereocenters. The van der Waals surface area contributed by atoms with Crippen molar-refractivity contribution in [2.24, 2.45) is 0 Å². The van der Waals surface area contributed by atoms with Crippen LogP contribution in [0.1, 0.15) is 22.5 Å². The highest BCUT2D eigenvalue weighted by Gasteiger charge is 2.13. The number of hydrogen-bond donors (Lipinski definition) is 1. The molecule has 0 bridgehead atoms. The van der Waals surface area contributed by atoms with E-state index in [0.29, 0.717) is 17.3 Å². The van der Waals surface area contributed by atoms with E-state index in [2.05, 4.69) is 22.5 Å². The van der Waals surface area contributed by atoms with Gasteiger partial charge in [-0.2, -0.15) is 5.10 Å². The van der Waals surface area contributed by atoms with Gasteiger partial charge in [-0.25, -0.2) is 0 Å². The Morgan fingerprint density at radius 1 is 1.11 bits per heavy atom. The summed E-state index contributed by atoms with van der Waals surface area (Å²) in [6.07, 6.45) is 0. The lowest BCUT2D eigenvalue weighted by atomic mass is 10.2. The van der Waals surface area contributed by atoms with Gasteiger partial charge in [0.2, 0.25) is 5.91 Å². The van der Waals surface area contributed by atoms with Crippen LogP contribution in [0.4, 0.5) is 0 Å². The summed E-state index contributed by atoms with van der Waals surface area (Å²) >= 11 is 7.37. The smallest absolute Gasteiger partial charge is 0.230 e. The van der Waals surface area contributed by atoms with Gasteiger partial charge in [0.25, 0.3) is 0 Å². The molecule has 0 spiro atoms. The molecular formula is C21H22ClN3OS. The van der Waals surface area contributed by atoms with E-state index >= 15 is 0 Å². The monoisotopic (exact) mass is 399 g/mol. The Balaban J connectivity index is 1.55. The highest BCUT2D eigenvalue weighted by atomic mass is 35.5. The molecule has 0 radical (unpaired) electrons. The predicted octanol–water partition coefficient (Wildman–Crippen LogP) is 4.61. The molecule has 0 saturated heterocycles. The number of carbonyl (C=O) groups excluding carboxylic acids is 1. The molecule has 27 heavy (non-hydrogen) atoms. The van der Waals surface area contributed by atoms with E-state index in [1.807, 2.05) is 61.0 Å². The minimum Gasteiger partial charge on any atom is -0.351 e. The Morgan fingerprint density at radius 3 is 2.52 bits per heavy atom. The SMILES string of the molecule is Cc1nn(Cc2ccccc2)c(C)c1CNC(=O)CSc1ccc(Cl)cc1. The molecule has 6 heteroatoms. The number of halogens is 1. The zero-order chi connectivity index (χ0) is 19.2. The number of nitrogens with one attached hydrogen (secondary N) is 1. The Labute approximate surface area is 168 Å². The standard InChI is InChI=1S/C21H22ClN3OS/c1-15-20(16(2)25(24-15)13-17-6-4-3-5-7-17)12-23-21(26)14-27-19-10-8-18(22)9-11-19/h3-11H,12-14H2,1-2H3,(H,23,26). The zero-order valence-electron chi connectivity index (χ0n) is 15.4. The van der Waals surface area contributed by atoms with Crippen molar-refractivity contribution in [3.05, 3.63) is 82.1 Å². The molecule has 1 heterocycles. The zero-order valence-corrected chi connectivity index (χ0v) is 17.0. The van der Waals surface area contributed by atoms with Crippen molar-refractivity contribution in [1.82, 2.24) is 15.1 Å². The van der Waals surface area contributed by atoms with Crippen molar-refractivity contribution in [1.29, 1.82) is 0 Å². The summed E-state index contributed by atoms with van der Waals surface area (Å²) in [5.41, 5.74) is 4.32. The maximum atomic E-state index is 12.2. The lowest BCUT2D eigenvalue weighted by Gasteiger charge is -2.07. The first-order chi connectivity index (χ1) is 13.0. The minimum absolute atomic E-state index is 0.00422. The summed E-state index contributed by atoms with van der Waals surface area (Å²) in [6, 6.07) is 17.7. The van der Waals surface area contributed by atoms with Crippen molar-refractivity contribution in [3.8, 4) is 0 Å². The van der Waals surface area contributed by atoms with Crippen LogP contribution in [-0.4, -0.2) is 21.4 Å². The third-order valence-electron chi connectivity index (χ3n) is 4.35. The van der Waals surface area contributed by atoms with E-state index in [9.17, 15) is 4.79 Å². The Hall–Kier alpha value is -2.24. The average molecular weight is 400 g/mol.